The molecule has 0 amide bonds. The van der Waals surface area contributed by atoms with Crippen LogP contribution in [-0.4, -0.2) is 76.4 Å². The Morgan fingerprint density at radius 1 is 1.12 bits per heavy atom. The fraction of sp³-hybridized carbons (Fsp3) is 0.483. The Balaban J connectivity index is 1.23. The molecular formula is C29H31F2N7OS. The van der Waals surface area contributed by atoms with E-state index >= 15 is 0 Å². The van der Waals surface area contributed by atoms with Crippen LogP contribution in [0.3, 0.4) is 0 Å². The largest absolute Gasteiger partial charge is 0.461 e. The Hall–Kier alpha value is -3.15. The van der Waals surface area contributed by atoms with Gasteiger partial charge in [0.15, 0.2) is 5.13 Å². The van der Waals surface area contributed by atoms with Gasteiger partial charge in [-0.25, -0.2) is 13.8 Å². The van der Waals surface area contributed by atoms with Crippen LogP contribution in [0.2, 0.25) is 0 Å². The molecule has 4 aromatic rings. The Morgan fingerprint density at radius 3 is 2.83 bits per heavy atom. The topological polar surface area (TPSA) is 92.4 Å². The highest BCUT2D eigenvalue weighted by molar-refractivity contribution is 7.22. The van der Waals surface area contributed by atoms with Crippen LogP contribution in [0.15, 0.2) is 30.3 Å². The predicted molar refractivity (Wildman–Crippen MR) is 153 cm³/mol. The summed E-state index contributed by atoms with van der Waals surface area (Å²) < 4.78 is 35.7. The number of hydrogen-bond donors (Lipinski definition) is 2. The fourth-order valence-electron chi connectivity index (χ4n) is 7.52. The normalized spacial score (nSPS) is 28.1. The zero-order chi connectivity index (χ0) is 27.0. The zero-order valence-electron chi connectivity index (χ0n) is 22.1. The average molecular weight is 564 g/mol. The number of nitrogen functional groups attached to an aromatic ring is 1. The number of nitrogens with two attached hydrogens (primary N) is 1. The Bertz CT molecular complexity index is 1620. The minimum absolute atomic E-state index is 0.280. The molecule has 4 saturated heterocycles. The van der Waals surface area contributed by atoms with E-state index in [1.807, 2.05) is 12.1 Å². The van der Waals surface area contributed by atoms with Crippen LogP contribution in [0.4, 0.5) is 19.7 Å². The minimum atomic E-state index is -0.816. The van der Waals surface area contributed by atoms with Crippen molar-refractivity contribution in [2.75, 3.05) is 43.4 Å². The number of fused-ring (bicyclic) bond motifs is 5. The number of aromatic nitrogens is 3. The number of halogens is 2. The van der Waals surface area contributed by atoms with Gasteiger partial charge in [-0.3, -0.25) is 4.90 Å². The maximum Gasteiger partial charge on any atom is 0.319 e. The molecule has 3 N–H and O–H groups in total. The van der Waals surface area contributed by atoms with Crippen LogP contribution < -0.4 is 20.7 Å². The highest BCUT2D eigenvalue weighted by Crippen LogP contribution is 2.42. The minimum Gasteiger partial charge on any atom is -0.461 e. The van der Waals surface area contributed by atoms with E-state index in [0.717, 1.165) is 84.5 Å². The third-order valence-corrected chi connectivity index (χ3v) is 10.2. The highest BCUT2D eigenvalue weighted by atomic mass is 32.1. The first-order chi connectivity index (χ1) is 19.5. The van der Waals surface area contributed by atoms with Crippen LogP contribution in [-0.2, 0) is 0 Å². The number of nitrogens with zero attached hydrogens (tertiary/aromatic N) is 5. The van der Waals surface area contributed by atoms with E-state index < -0.39 is 6.17 Å². The van der Waals surface area contributed by atoms with Crippen molar-refractivity contribution in [3.63, 3.8) is 0 Å². The van der Waals surface area contributed by atoms with Crippen molar-refractivity contribution in [2.45, 2.75) is 55.9 Å². The number of anilines is 2. The summed E-state index contributed by atoms with van der Waals surface area (Å²) in [6.45, 7) is 3.61. The van der Waals surface area contributed by atoms with Gasteiger partial charge in [0.2, 0.25) is 0 Å². The molecule has 6 heterocycles. The van der Waals surface area contributed by atoms with Crippen molar-refractivity contribution in [3.05, 3.63) is 36.1 Å². The first kappa shape index (κ1) is 24.6. The monoisotopic (exact) mass is 563 g/mol. The molecule has 0 radical (unpaired) electrons. The first-order valence-electron chi connectivity index (χ1n) is 14.2. The molecule has 8 rings (SSSR count). The van der Waals surface area contributed by atoms with Gasteiger partial charge >= 0.3 is 6.01 Å². The Labute approximate surface area is 234 Å². The molecule has 4 aliphatic rings. The van der Waals surface area contributed by atoms with Gasteiger partial charge in [0, 0.05) is 49.1 Å². The van der Waals surface area contributed by atoms with Crippen molar-refractivity contribution >= 4 is 43.4 Å². The van der Waals surface area contributed by atoms with Gasteiger partial charge in [-0.05, 0) is 62.1 Å². The van der Waals surface area contributed by atoms with E-state index in [0.29, 0.717) is 53.0 Å². The van der Waals surface area contributed by atoms with Gasteiger partial charge < -0.3 is 20.7 Å². The van der Waals surface area contributed by atoms with Gasteiger partial charge in [0.25, 0.3) is 0 Å². The Kier molecular flexibility index (Phi) is 5.66. The van der Waals surface area contributed by atoms with E-state index in [2.05, 4.69) is 26.2 Å². The lowest BCUT2D eigenvalue weighted by molar-refractivity contribution is 0.107. The first-order valence-corrected chi connectivity index (χ1v) is 15.0. The predicted octanol–water partition coefficient (Wildman–Crippen LogP) is 4.52. The maximum atomic E-state index is 14.5. The molecular weight excluding hydrogens is 532 g/mol. The second-order valence-electron chi connectivity index (χ2n) is 11.7. The number of piperazine rings is 1. The lowest BCUT2D eigenvalue weighted by Crippen LogP contribution is -2.52. The Morgan fingerprint density at radius 2 is 1.98 bits per heavy atom. The molecule has 0 spiro atoms. The van der Waals surface area contributed by atoms with Gasteiger partial charge in [-0.1, -0.05) is 17.4 Å². The second-order valence-corrected chi connectivity index (χ2v) is 12.7. The fourth-order valence-corrected chi connectivity index (χ4v) is 8.28. The smallest absolute Gasteiger partial charge is 0.319 e. The number of alkyl halides is 1. The quantitative estimate of drug-likeness (QED) is 0.366. The molecule has 8 nitrogen and oxygen atoms in total. The van der Waals surface area contributed by atoms with E-state index in [4.69, 9.17) is 20.4 Å². The second kappa shape index (κ2) is 9.19. The molecule has 0 aliphatic carbocycles. The summed E-state index contributed by atoms with van der Waals surface area (Å²) in [5.74, 6) is 0.559. The van der Waals surface area contributed by atoms with E-state index in [9.17, 15) is 8.78 Å². The zero-order valence-corrected chi connectivity index (χ0v) is 22.9. The van der Waals surface area contributed by atoms with E-state index in [1.54, 1.807) is 6.07 Å². The number of rotatable bonds is 5. The van der Waals surface area contributed by atoms with Gasteiger partial charge in [0.1, 0.15) is 24.4 Å². The number of hydrogen-bond acceptors (Lipinski definition) is 9. The third-order valence-electron chi connectivity index (χ3n) is 9.33. The summed E-state index contributed by atoms with van der Waals surface area (Å²) in [6.07, 6.45) is 3.90. The molecule has 2 aromatic heterocycles. The number of ether oxygens (including phenoxy) is 1. The molecule has 4 atom stereocenters. The summed E-state index contributed by atoms with van der Waals surface area (Å²) in [7, 11) is 0. The molecule has 2 bridgehead atoms. The lowest BCUT2D eigenvalue weighted by Gasteiger charge is -2.37. The number of benzene rings is 2. The SMILES string of the molecule is Nc1nc2c(-c3ccc4c(N5C6CCC5CNC6)nc(OCC56CCCN5C[C@H](F)C6)nc4c3)ccc(F)c2s1. The standard InChI is InChI=1S/C29H31F2N7OS/c30-17-11-29(8-1-9-37(29)14-17)15-39-28-34-23-10-16(20-6-7-22(31)25-24(20)35-27(32)40-25)2-5-21(23)26(36-28)38-18-3-4-19(38)13-33-12-18/h2,5-7,10,17-19,33H,1,3-4,8-9,11-15H2,(H2,32,35)/t17-,18?,19?,29?/m1/s1. The molecule has 0 saturated carbocycles. The van der Waals surface area contributed by atoms with Crippen molar-refractivity contribution in [1.82, 2.24) is 25.2 Å². The molecule has 4 aliphatic heterocycles. The van der Waals surface area contributed by atoms with Gasteiger partial charge in [-0.15, -0.1) is 0 Å². The molecule has 2 aromatic carbocycles. The molecule has 4 fully saturated rings. The maximum absolute atomic E-state index is 14.5. The van der Waals surface area contributed by atoms with Crippen LogP contribution in [0.25, 0.3) is 32.2 Å². The summed E-state index contributed by atoms with van der Waals surface area (Å²) in [6, 6.07) is 10.3. The number of nitrogens with one attached hydrogen (secondary N) is 1. The molecule has 40 heavy (non-hydrogen) atoms. The highest BCUT2D eigenvalue weighted by Gasteiger charge is 2.49. The van der Waals surface area contributed by atoms with Crippen molar-refractivity contribution in [3.8, 4) is 17.1 Å². The molecule has 208 valence electrons. The molecule has 11 heteroatoms. The van der Waals surface area contributed by atoms with E-state index in [-0.39, 0.29) is 11.4 Å². The molecule has 3 unspecified atom stereocenters. The van der Waals surface area contributed by atoms with Gasteiger partial charge in [0.05, 0.1) is 21.3 Å². The lowest BCUT2D eigenvalue weighted by atomic mass is 9.95. The van der Waals surface area contributed by atoms with Crippen LogP contribution in [0.5, 0.6) is 6.01 Å². The van der Waals surface area contributed by atoms with Crippen LogP contribution in [0.1, 0.15) is 32.1 Å². The summed E-state index contributed by atoms with van der Waals surface area (Å²) in [5, 5.41) is 4.84. The summed E-state index contributed by atoms with van der Waals surface area (Å²) >= 11 is 1.15. The van der Waals surface area contributed by atoms with Crippen molar-refractivity contribution in [1.29, 1.82) is 0 Å². The van der Waals surface area contributed by atoms with E-state index in [1.165, 1.54) is 6.07 Å². The number of thiazole rings is 1. The van der Waals surface area contributed by atoms with Crippen molar-refractivity contribution in [2.24, 2.45) is 0 Å². The van der Waals surface area contributed by atoms with Crippen LogP contribution >= 0.6 is 11.3 Å². The van der Waals surface area contributed by atoms with Gasteiger partial charge in [-0.2, -0.15) is 9.97 Å². The van der Waals surface area contributed by atoms with Crippen molar-refractivity contribution < 1.29 is 13.5 Å². The average Bonchev–Trinajstić information content (AvgIpc) is 3.66. The third kappa shape index (κ3) is 3.85. The summed E-state index contributed by atoms with van der Waals surface area (Å²) in [5.41, 5.74) is 8.65. The summed E-state index contributed by atoms with van der Waals surface area (Å²) in [4.78, 5) is 19.0. The van der Waals surface area contributed by atoms with Crippen LogP contribution in [0, 0.1) is 5.82 Å².